The zero-order valence-corrected chi connectivity index (χ0v) is 13.4. The van der Waals surface area contributed by atoms with Gasteiger partial charge in [0.05, 0.1) is 0 Å². The molecule has 116 valence electrons. The molecule has 1 aliphatic rings. The van der Waals surface area contributed by atoms with Crippen molar-refractivity contribution in [2.75, 3.05) is 13.1 Å². The standard InChI is InChI=1S/C15H30N4O/c1-5-16-14(19-15(2,3)4)17-11-13(20)18-12-9-7-6-8-10-12/h12H,5-11H2,1-4H3,(H,18,20)(H2,16,17,19). The van der Waals surface area contributed by atoms with Gasteiger partial charge in [0.15, 0.2) is 5.96 Å². The van der Waals surface area contributed by atoms with E-state index in [1.165, 1.54) is 19.3 Å². The van der Waals surface area contributed by atoms with Crippen molar-refractivity contribution in [1.82, 2.24) is 16.0 Å². The normalized spacial score (nSPS) is 17.7. The Morgan fingerprint density at radius 2 is 1.85 bits per heavy atom. The number of hydrogen-bond donors (Lipinski definition) is 3. The van der Waals surface area contributed by atoms with Crippen LogP contribution >= 0.6 is 0 Å². The fourth-order valence-electron chi connectivity index (χ4n) is 2.33. The Hall–Kier alpha value is -1.26. The van der Waals surface area contributed by atoms with Gasteiger partial charge in [-0.25, -0.2) is 4.99 Å². The summed E-state index contributed by atoms with van der Waals surface area (Å²) in [4.78, 5) is 16.3. The maximum absolute atomic E-state index is 11.9. The molecule has 0 spiro atoms. The monoisotopic (exact) mass is 282 g/mol. The number of guanidine groups is 1. The smallest absolute Gasteiger partial charge is 0.242 e. The highest BCUT2D eigenvalue weighted by Crippen LogP contribution is 2.17. The Morgan fingerprint density at radius 1 is 1.20 bits per heavy atom. The summed E-state index contributed by atoms with van der Waals surface area (Å²) in [6.45, 7) is 9.20. The highest BCUT2D eigenvalue weighted by molar-refractivity contribution is 5.85. The number of hydrogen-bond acceptors (Lipinski definition) is 2. The molecule has 1 fully saturated rings. The van der Waals surface area contributed by atoms with Crippen molar-refractivity contribution in [2.24, 2.45) is 4.99 Å². The molecule has 0 bridgehead atoms. The first kappa shape index (κ1) is 16.8. The predicted molar refractivity (Wildman–Crippen MR) is 83.9 cm³/mol. The van der Waals surface area contributed by atoms with Gasteiger partial charge in [0.25, 0.3) is 0 Å². The summed E-state index contributed by atoms with van der Waals surface area (Å²) in [5, 5.41) is 9.51. The first-order valence-electron chi connectivity index (χ1n) is 7.76. The highest BCUT2D eigenvalue weighted by Gasteiger charge is 2.16. The summed E-state index contributed by atoms with van der Waals surface area (Å²) in [6.07, 6.45) is 5.96. The zero-order chi connectivity index (χ0) is 15.0. The molecule has 5 nitrogen and oxygen atoms in total. The maximum atomic E-state index is 11.9. The van der Waals surface area contributed by atoms with Crippen LogP contribution in [0.2, 0.25) is 0 Å². The number of carbonyl (C=O) groups excluding carboxylic acids is 1. The first-order chi connectivity index (χ1) is 9.40. The minimum atomic E-state index is -0.0686. The Labute approximate surface area is 123 Å². The maximum Gasteiger partial charge on any atom is 0.242 e. The van der Waals surface area contributed by atoms with E-state index in [4.69, 9.17) is 0 Å². The molecule has 0 radical (unpaired) electrons. The van der Waals surface area contributed by atoms with Gasteiger partial charge in [-0.05, 0) is 40.5 Å². The van der Waals surface area contributed by atoms with Crippen molar-refractivity contribution in [3.63, 3.8) is 0 Å². The Kier molecular flexibility index (Phi) is 6.82. The number of amides is 1. The van der Waals surface area contributed by atoms with Crippen molar-refractivity contribution in [1.29, 1.82) is 0 Å². The molecule has 0 atom stereocenters. The molecule has 0 aromatic heterocycles. The molecule has 1 amide bonds. The van der Waals surface area contributed by atoms with Crippen LogP contribution in [0, 0.1) is 0 Å². The van der Waals surface area contributed by atoms with Crippen LogP contribution in [0.25, 0.3) is 0 Å². The van der Waals surface area contributed by atoms with Gasteiger partial charge in [-0.15, -0.1) is 0 Å². The van der Waals surface area contributed by atoms with Gasteiger partial charge in [0, 0.05) is 18.1 Å². The number of nitrogens with zero attached hydrogens (tertiary/aromatic N) is 1. The van der Waals surface area contributed by atoms with Crippen molar-refractivity contribution in [2.45, 2.75) is 71.4 Å². The van der Waals surface area contributed by atoms with Crippen LogP contribution in [0.5, 0.6) is 0 Å². The topological polar surface area (TPSA) is 65.5 Å². The summed E-state index contributed by atoms with van der Waals surface area (Å²) < 4.78 is 0. The van der Waals surface area contributed by atoms with E-state index in [0.717, 1.165) is 19.4 Å². The second kappa shape index (κ2) is 8.12. The van der Waals surface area contributed by atoms with E-state index < -0.39 is 0 Å². The fourth-order valence-corrected chi connectivity index (χ4v) is 2.33. The van der Waals surface area contributed by atoms with Crippen LogP contribution in [-0.4, -0.2) is 36.5 Å². The van der Waals surface area contributed by atoms with Gasteiger partial charge in [0.1, 0.15) is 6.54 Å². The Morgan fingerprint density at radius 3 is 2.40 bits per heavy atom. The molecule has 20 heavy (non-hydrogen) atoms. The zero-order valence-electron chi connectivity index (χ0n) is 13.4. The quantitative estimate of drug-likeness (QED) is 0.544. The van der Waals surface area contributed by atoms with E-state index in [2.05, 4.69) is 41.7 Å². The van der Waals surface area contributed by atoms with E-state index in [1.54, 1.807) is 0 Å². The summed E-state index contributed by atoms with van der Waals surface area (Å²) in [7, 11) is 0. The molecule has 3 N–H and O–H groups in total. The molecule has 0 heterocycles. The van der Waals surface area contributed by atoms with Crippen molar-refractivity contribution >= 4 is 11.9 Å². The average molecular weight is 282 g/mol. The summed E-state index contributed by atoms with van der Waals surface area (Å²) >= 11 is 0. The Bertz CT molecular complexity index is 327. The second-order valence-electron chi connectivity index (χ2n) is 6.47. The molecular formula is C15H30N4O. The van der Waals surface area contributed by atoms with Gasteiger partial charge < -0.3 is 16.0 Å². The van der Waals surface area contributed by atoms with E-state index in [-0.39, 0.29) is 18.0 Å². The third-order valence-electron chi connectivity index (χ3n) is 3.19. The molecule has 0 saturated heterocycles. The summed E-state index contributed by atoms with van der Waals surface area (Å²) in [5.41, 5.74) is -0.0686. The molecule has 1 rings (SSSR count). The lowest BCUT2D eigenvalue weighted by Crippen LogP contribution is -2.48. The number of rotatable bonds is 4. The molecule has 1 saturated carbocycles. The highest BCUT2D eigenvalue weighted by atomic mass is 16.1. The van der Waals surface area contributed by atoms with Crippen LogP contribution < -0.4 is 16.0 Å². The van der Waals surface area contributed by atoms with Crippen LogP contribution in [0.1, 0.15) is 59.8 Å². The van der Waals surface area contributed by atoms with E-state index in [9.17, 15) is 4.79 Å². The van der Waals surface area contributed by atoms with Crippen LogP contribution in [0.3, 0.4) is 0 Å². The second-order valence-corrected chi connectivity index (χ2v) is 6.47. The predicted octanol–water partition coefficient (Wildman–Crippen LogP) is 1.79. The van der Waals surface area contributed by atoms with Crippen LogP contribution in [0.4, 0.5) is 0 Å². The van der Waals surface area contributed by atoms with Crippen molar-refractivity contribution in [3.8, 4) is 0 Å². The third kappa shape index (κ3) is 7.36. The molecule has 0 aliphatic heterocycles. The third-order valence-corrected chi connectivity index (χ3v) is 3.19. The van der Waals surface area contributed by atoms with Crippen LogP contribution in [-0.2, 0) is 4.79 Å². The van der Waals surface area contributed by atoms with Crippen molar-refractivity contribution in [3.05, 3.63) is 0 Å². The molecule has 1 aliphatic carbocycles. The van der Waals surface area contributed by atoms with E-state index in [0.29, 0.717) is 12.0 Å². The molecular weight excluding hydrogens is 252 g/mol. The van der Waals surface area contributed by atoms with Gasteiger partial charge >= 0.3 is 0 Å². The summed E-state index contributed by atoms with van der Waals surface area (Å²) in [5.74, 6) is 0.710. The lowest BCUT2D eigenvalue weighted by atomic mass is 9.95. The lowest BCUT2D eigenvalue weighted by molar-refractivity contribution is -0.120. The minimum absolute atomic E-state index is 0.0167. The molecule has 0 aromatic rings. The average Bonchev–Trinajstić information content (AvgIpc) is 2.36. The van der Waals surface area contributed by atoms with Gasteiger partial charge in [-0.1, -0.05) is 19.3 Å². The SMILES string of the molecule is CCNC(=NCC(=O)NC1CCCCC1)NC(C)(C)C. The number of aliphatic imine (C=N–C) groups is 1. The van der Waals surface area contributed by atoms with E-state index in [1.807, 2.05) is 6.92 Å². The molecule has 5 heteroatoms. The lowest BCUT2D eigenvalue weighted by Gasteiger charge is -2.24. The molecule has 0 aromatic carbocycles. The largest absolute Gasteiger partial charge is 0.357 e. The van der Waals surface area contributed by atoms with Gasteiger partial charge in [-0.2, -0.15) is 0 Å². The number of carbonyl (C=O) groups is 1. The summed E-state index contributed by atoms with van der Waals surface area (Å²) in [6, 6.07) is 0.351. The minimum Gasteiger partial charge on any atom is -0.357 e. The number of nitrogens with one attached hydrogen (secondary N) is 3. The van der Waals surface area contributed by atoms with E-state index >= 15 is 0 Å². The van der Waals surface area contributed by atoms with Crippen LogP contribution in [0.15, 0.2) is 4.99 Å². The Balaban J connectivity index is 2.42. The molecule has 0 unspecified atom stereocenters. The van der Waals surface area contributed by atoms with Crippen molar-refractivity contribution < 1.29 is 4.79 Å². The van der Waals surface area contributed by atoms with Gasteiger partial charge in [0.2, 0.25) is 5.91 Å². The van der Waals surface area contributed by atoms with Gasteiger partial charge in [-0.3, -0.25) is 4.79 Å². The first-order valence-corrected chi connectivity index (χ1v) is 7.76. The fraction of sp³-hybridized carbons (Fsp3) is 0.867.